The van der Waals surface area contributed by atoms with Gasteiger partial charge in [0.15, 0.2) is 5.78 Å². The first-order chi connectivity index (χ1) is 5.63. The summed E-state index contributed by atoms with van der Waals surface area (Å²) in [7, 11) is -3.25. The first kappa shape index (κ1) is 12.5. The summed E-state index contributed by atoms with van der Waals surface area (Å²) in [4.78, 5) is 11.1. The molecule has 78 valence electrons. The SMILES string of the molecule is CC(C)(O)C(=O)CCNS(C)(=O)=O. The molecule has 0 saturated heterocycles. The van der Waals surface area contributed by atoms with Crippen LogP contribution < -0.4 is 4.72 Å². The summed E-state index contributed by atoms with van der Waals surface area (Å²) in [6.07, 6.45) is 1.01. The van der Waals surface area contributed by atoms with E-state index in [2.05, 4.69) is 4.72 Å². The lowest BCUT2D eigenvalue weighted by Gasteiger charge is -2.14. The second kappa shape index (κ2) is 4.17. The summed E-state index contributed by atoms with van der Waals surface area (Å²) in [5.41, 5.74) is -1.39. The van der Waals surface area contributed by atoms with Crippen LogP contribution in [0.3, 0.4) is 0 Å². The summed E-state index contributed by atoms with van der Waals surface area (Å²) < 4.78 is 23.3. The smallest absolute Gasteiger partial charge is 0.208 e. The molecule has 0 aromatic rings. The molecule has 0 aliphatic rings. The Hall–Kier alpha value is -0.460. The number of carbonyl (C=O) groups excluding carboxylic acids is 1. The number of rotatable bonds is 5. The van der Waals surface area contributed by atoms with Crippen molar-refractivity contribution < 1.29 is 18.3 Å². The Morgan fingerprint density at radius 3 is 2.23 bits per heavy atom. The number of aliphatic hydroxyl groups is 1. The van der Waals surface area contributed by atoms with E-state index in [1.54, 1.807) is 0 Å². The normalized spacial score (nSPS) is 12.9. The molecule has 0 heterocycles. The minimum atomic E-state index is -3.25. The molecule has 0 aliphatic carbocycles. The maximum atomic E-state index is 11.1. The fraction of sp³-hybridized carbons (Fsp3) is 0.857. The van der Waals surface area contributed by atoms with Gasteiger partial charge in [-0.1, -0.05) is 0 Å². The predicted octanol–water partition coefficient (Wildman–Crippen LogP) is -0.734. The largest absolute Gasteiger partial charge is 0.383 e. The first-order valence-electron chi connectivity index (χ1n) is 3.83. The summed E-state index contributed by atoms with van der Waals surface area (Å²) in [6, 6.07) is 0. The van der Waals surface area contributed by atoms with Gasteiger partial charge in [0.25, 0.3) is 0 Å². The lowest BCUT2D eigenvalue weighted by atomic mass is 10.0. The van der Waals surface area contributed by atoms with E-state index in [0.717, 1.165) is 6.26 Å². The molecule has 0 unspecified atom stereocenters. The van der Waals surface area contributed by atoms with Crippen LogP contribution in [0.15, 0.2) is 0 Å². The zero-order valence-electron chi connectivity index (χ0n) is 7.99. The Bertz CT molecular complexity index is 275. The van der Waals surface area contributed by atoms with E-state index >= 15 is 0 Å². The third-order valence-electron chi connectivity index (χ3n) is 1.40. The first-order valence-corrected chi connectivity index (χ1v) is 5.72. The molecule has 0 bridgehead atoms. The Balaban J connectivity index is 3.87. The van der Waals surface area contributed by atoms with Crippen LogP contribution in [-0.4, -0.2) is 37.7 Å². The van der Waals surface area contributed by atoms with Crippen molar-refractivity contribution in [2.24, 2.45) is 0 Å². The van der Waals surface area contributed by atoms with E-state index in [-0.39, 0.29) is 18.7 Å². The highest BCUT2D eigenvalue weighted by molar-refractivity contribution is 7.88. The Kier molecular flexibility index (Phi) is 4.02. The number of carbonyl (C=O) groups is 1. The standard InChI is InChI=1S/C7H15NO4S/c1-7(2,10)6(9)4-5-8-13(3,11)12/h8,10H,4-5H2,1-3H3. The minimum Gasteiger partial charge on any atom is -0.383 e. The van der Waals surface area contributed by atoms with Crippen molar-refractivity contribution in [3.8, 4) is 0 Å². The van der Waals surface area contributed by atoms with E-state index < -0.39 is 15.6 Å². The van der Waals surface area contributed by atoms with E-state index in [4.69, 9.17) is 0 Å². The second-order valence-electron chi connectivity index (χ2n) is 3.40. The summed E-state index contributed by atoms with van der Waals surface area (Å²) >= 11 is 0. The van der Waals surface area contributed by atoms with Gasteiger partial charge in [0.05, 0.1) is 6.26 Å². The number of Topliss-reactive ketones (excluding diaryl/α,β-unsaturated/α-hetero) is 1. The van der Waals surface area contributed by atoms with Crippen molar-refractivity contribution in [2.45, 2.75) is 25.9 Å². The molecule has 6 heteroatoms. The summed E-state index contributed by atoms with van der Waals surface area (Å²) in [5.74, 6) is -0.386. The van der Waals surface area contributed by atoms with Gasteiger partial charge in [0.1, 0.15) is 5.60 Å². The van der Waals surface area contributed by atoms with Crippen molar-refractivity contribution in [3.63, 3.8) is 0 Å². The van der Waals surface area contributed by atoms with E-state index in [1.807, 2.05) is 0 Å². The summed E-state index contributed by atoms with van der Waals surface area (Å²) in [5, 5.41) is 9.19. The van der Waals surface area contributed by atoms with Crippen LogP contribution in [0.2, 0.25) is 0 Å². The van der Waals surface area contributed by atoms with Gasteiger partial charge < -0.3 is 5.11 Å². The van der Waals surface area contributed by atoms with Crippen molar-refractivity contribution >= 4 is 15.8 Å². The molecule has 0 amide bonds. The number of hydrogen-bond donors (Lipinski definition) is 2. The molecule has 0 rings (SSSR count). The van der Waals surface area contributed by atoms with Gasteiger partial charge in [0, 0.05) is 13.0 Å². The van der Waals surface area contributed by atoms with Gasteiger partial charge in [-0.25, -0.2) is 13.1 Å². The number of ketones is 1. The highest BCUT2D eigenvalue weighted by atomic mass is 32.2. The van der Waals surface area contributed by atoms with Crippen molar-refractivity contribution in [3.05, 3.63) is 0 Å². The molecular weight excluding hydrogens is 194 g/mol. The summed E-state index contributed by atoms with van der Waals surface area (Å²) in [6.45, 7) is 2.77. The lowest BCUT2D eigenvalue weighted by molar-refractivity contribution is -0.133. The van der Waals surface area contributed by atoms with Gasteiger partial charge in [-0.2, -0.15) is 0 Å². The Morgan fingerprint density at radius 1 is 1.46 bits per heavy atom. The molecule has 0 aromatic heterocycles. The maximum absolute atomic E-state index is 11.1. The van der Waals surface area contributed by atoms with Crippen LogP contribution in [0.25, 0.3) is 0 Å². The van der Waals surface area contributed by atoms with Crippen LogP contribution in [0, 0.1) is 0 Å². The molecule has 5 nitrogen and oxygen atoms in total. The fourth-order valence-electron chi connectivity index (χ4n) is 0.656. The molecule has 13 heavy (non-hydrogen) atoms. The molecule has 2 N–H and O–H groups in total. The van der Waals surface area contributed by atoms with Crippen LogP contribution in [0.1, 0.15) is 20.3 Å². The lowest BCUT2D eigenvalue weighted by Crippen LogP contribution is -2.34. The quantitative estimate of drug-likeness (QED) is 0.625. The molecule has 0 radical (unpaired) electrons. The van der Waals surface area contributed by atoms with Gasteiger partial charge >= 0.3 is 0 Å². The minimum absolute atomic E-state index is 0.00340. The van der Waals surface area contributed by atoms with E-state index in [9.17, 15) is 18.3 Å². The van der Waals surface area contributed by atoms with Crippen LogP contribution in [0.5, 0.6) is 0 Å². The molecule has 0 fully saturated rings. The zero-order valence-corrected chi connectivity index (χ0v) is 8.81. The third kappa shape index (κ3) is 6.68. The molecular formula is C7H15NO4S. The van der Waals surface area contributed by atoms with Crippen molar-refractivity contribution in [1.82, 2.24) is 4.72 Å². The number of nitrogens with one attached hydrogen (secondary N) is 1. The van der Waals surface area contributed by atoms with Crippen molar-refractivity contribution in [1.29, 1.82) is 0 Å². The van der Waals surface area contributed by atoms with E-state index in [1.165, 1.54) is 13.8 Å². The third-order valence-corrected chi connectivity index (χ3v) is 2.13. The van der Waals surface area contributed by atoms with Crippen molar-refractivity contribution in [2.75, 3.05) is 12.8 Å². The van der Waals surface area contributed by atoms with Gasteiger partial charge in [-0.3, -0.25) is 4.79 Å². The molecule has 0 saturated carbocycles. The zero-order chi connectivity index (χ0) is 10.7. The van der Waals surface area contributed by atoms with Crippen LogP contribution >= 0.6 is 0 Å². The van der Waals surface area contributed by atoms with Crippen LogP contribution in [-0.2, 0) is 14.8 Å². The number of hydrogen-bond acceptors (Lipinski definition) is 4. The highest BCUT2D eigenvalue weighted by Gasteiger charge is 2.22. The van der Waals surface area contributed by atoms with Gasteiger partial charge in [0.2, 0.25) is 10.0 Å². The Morgan fingerprint density at radius 2 is 1.92 bits per heavy atom. The second-order valence-corrected chi connectivity index (χ2v) is 5.23. The van der Waals surface area contributed by atoms with Gasteiger partial charge in [-0.05, 0) is 13.8 Å². The maximum Gasteiger partial charge on any atom is 0.208 e. The molecule has 0 aliphatic heterocycles. The monoisotopic (exact) mass is 209 g/mol. The predicted molar refractivity (Wildman–Crippen MR) is 48.8 cm³/mol. The Labute approximate surface area is 78.2 Å². The topological polar surface area (TPSA) is 83.5 Å². The fourth-order valence-corrected chi connectivity index (χ4v) is 1.13. The molecule has 0 spiro atoms. The molecule has 0 atom stereocenters. The highest BCUT2D eigenvalue weighted by Crippen LogP contribution is 2.04. The number of sulfonamides is 1. The van der Waals surface area contributed by atoms with E-state index in [0.29, 0.717) is 0 Å². The molecule has 0 aromatic carbocycles. The van der Waals surface area contributed by atoms with Gasteiger partial charge in [-0.15, -0.1) is 0 Å². The average Bonchev–Trinajstić information content (AvgIpc) is 1.82. The van der Waals surface area contributed by atoms with Crippen LogP contribution in [0.4, 0.5) is 0 Å². The average molecular weight is 209 g/mol.